The molecule has 0 saturated carbocycles. The summed E-state index contributed by atoms with van der Waals surface area (Å²) >= 11 is 0. The van der Waals surface area contributed by atoms with Crippen molar-refractivity contribution in [3.63, 3.8) is 0 Å². The maximum Gasteiger partial charge on any atom is 0.119 e. The van der Waals surface area contributed by atoms with Gasteiger partial charge >= 0.3 is 0 Å². The van der Waals surface area contributed by atoms with Gasteiger partial charge in [0, 0.05) is 4.90 Å². The SMILES string of the molecule is COc1ccc(S(=O)CCOc2ccc(C#N)cc2)cc1. The molecule has 2 aromatic carbocycles. The molecule has 5 heteroatoms. The first-order valence-corrected chi connectivity index (χ1v) is 7.70. The summed E-state index contributed by atoms with van der Waals surface area (Å²) in [5.74, 6) is 1.82. The van der Waals surface area contributed by atoms with Crippen LogP contribution in [0.25, 0.3) is 0 Å². The fraction of sp³-hybridized carbons (Fsp3) is 0.188. The summed E-state index contributed by atoms with van der Waals surface area (Å²) < 4.78 is 22.7. The Balaban J connectivity index is 1.84. The van der Waals surface area contributed by atoms with Crippen LogP contribution in [-0.2, 0) is 10.8 Å². The summed E-state index contributed by atoms with van der Waals surface area (Å²) in [5, 5.41) is 8.70. The number of benzene rings is 2. The van der Waals surface area contributed by atoms with E-state index in [1.807, 2.05) is 6.07 Å². The highest BCUT2D eigenvalue weighted by atomic mass is 32.2. The van der Waals surface area contributed by atoms with Gasteiger partial charge in [-0.1, -0.05) is 0 Å². The van der Waals surface area contributed by atoms with E-state index in [2.05, 4.69) is 0 Å². The van der Waals surface area contributed by atoms with Crippen LogP contribution in [0.1, 0.15) is 5.56 Å². The summed E-state index contributed by atoms with van der Waals surface area (Å²) in [6.07, 6.45) is 0. The molecule has 0 heterocycles. The van der Waals surface area contributed by atoms with Gasteiger partial charge in [-0.15, -0.1) is 0 Å². The summed E-state index contributed by atoms with van der Waals surface area (Å²) in [4.78, 5) is 0.749. The molecule has 0 amide bonds. The van der Waals surface area contributed by atoms with Gasteiger partial charge in [-0.25, -0.2) is 0 Å². The maximum atomic E-state index is 12.1. The highest BCUT2D eigenvalue weighted by molar-refractivity contribution is 7.85. The molecule has 4 nitrogen and oxygen atoms in total. The lowest BCUT2D eigenvalue weighted by molar-refractivity contribution is 0.342. The van der Waals surface area contributed by atoms with Gasteiger partial charge in [0.25, 0.3) is 0 Å². The van der Waals surface area contributed by atoms with E-state index in [0.717, 1.165) is 10.6 Å². The molecule has 2 aromatic rings. The van der Waals surface area contributed by atoms with Crippen LogP contribution in [0.2, 0.25) is 0 Å². The molecule has 0 bridgehead atoms. The lowest BCUT2D eigenvalue weighted by Gasteiger charge is -2.07. The Morgan fingerprint density at radius 1 is 1.05 bits per heavy atom. The normalized spacial score (nSPS) is 11.4. The quantitative estimate of drug-likeness (QED) is 0.823. The van der Waals surface area contributed by atoms with Crippen LogP contribution >= 0.6 is 0 Å². The maximum absolute atomic E-state index is 12.1. The minimum absolute atomic E-state index is 0.352. The molecule has 0 aliphatic carbocycles. The summed E-state index contributed by atoms with van der Waals surface area (Å²) in [6.45, 7) is 0.352. The lowest BCUT2D eigenvalue weighted by atomic mass is 10.2. The number of methoxy groups -OCH3 is 1. The van der Waals surface area contributed by atoms with E-state index in [4.69, 9.17) is 14.7 Å². The van der Waals surface area contributed by atoms with Crippen LogP contribution in [-0.4, -0.2) is 23.7 Å². The number of rotatable bonds is 6. The molecule has 2 rings (SSSR count). The molecule has 0 aliphatic rings. The minimum Gasteiger partial charge on any atom is -0.497 e. The van der Waals surface area contributed by atoms with Crippen LogP contribution in [0.3, 0.4) is 0 Å². The van der Waals surface area contributed by atoms with Crippen molar-refractivity contribution < 1.29 is 13.7 Å². The average Bonchev–Trinajstić information content (AvgIpc) is 2.55. The Hall–Kier alpha value is -2.32. The third-order valence-electron chi connectivity index (χ3n) is 2.84. The second-order valence-corrected chi connectivity index (χ2v) is 5.78. The fourth-order valence-electron chi connectivity index (χ4n) is 1.71. The van der Waals surface area contributed by atoms with Crippen molar-refractivity contribution in [1.82, 2.24) is 0 Å². The lowest BCUT2D eigenvalue weighted by Crippen LogP contribution is -2.08. The number of ether oxygens (including phenoxy) is 2. The van der Waals surface area contributed by atoms with Crippen molar-refractivity contribution in [1.29, 1.82) is 5.26 Å². The first-order valence-electron chi connectivity index (χ1n) is 6.38. The molecule has 0 fully saturated rings. The third kappa shape index (κ3) is 4.33. The Bertz CT molecular complexity index is 645. The predicted molar refractivity (Wildman–Crippen MR) is 80.9 cm³/mol. The monoisotopic (exact) mass is 301 g/mol. The zero-order valence-electron chi connectivity index (χ0n) is 11.6. The minimum atomic E-state index is -1.11. The summed E-state index contributed by atoms with van der Waals surface area (Å²) in [7, 11) is 0.488. The van der Waals surface area contributed by atoms with Crippen LogP contribution in [0.4, 0.5) is 0 Å². The van der Waals surface area contributed by atoms with E-state index < -0.39 is 10.8 Å². The Kier molecular flexibility index (Phi) is 5.35. The van der Waals surface area contributed by atoms with Gasteiger partial charge in [-0.2, -0.15) is 5.26 Å². The Morgan fingerprint density at radius 3 is 2.24 bits per heavy atom. The third-order valence-corrected chi connectivity index (χ3v) is 4.18. The molecule has 1 atom stereocenters. The topological polar surface area (TPSA) is 59.3 Å². The first-order chi connectivity index (χ1) is 10.2. The molecule has 0 aromatic heterocycles. The van der Waals surface area contributed by atoms with Crippen LogP contribution in [0.5, 0.6) is 11.5 Å². The van der Waals surface area contributed by atoms with Gasteiger partial charge in [-0.3, -0.25) is 4.21 Å². The molecule has 1 unspecified atom stereocenters. The Morgan fingerprint density at radius 2 is 1.67 bits per heavy atom. The largest absolute Gasteiger partial charge is 0.497 e. The number of nitriles is 1. The van der Waals surface area contributed by atoms with E-state index >= 15 is 0 Å². The highest BCUT2D eigenvalue weighted by Gasteiger charge is 2.04. The van der Waals surface area contributed by atoms with Gasteiger partial charge in [0.15, 0.2) is 0 Å². The number of hydrogen-bond acceptors (Lipinski definition) is 4. The zero-order chi connectivity index (χ0) is 15.1. The van der Waals surface area contributed by atoms with Gasteiger partial charge in [0.1, 0.15) is 18.1 Å². The molecular formula is C16H15NO3S. The van der Waals surface area contributed by atoms with Crippen molar-refractivity contribution in [3.05, 3.63) is 54.1 Å². The Labute approximate surface area is 126 Å². The smallest absolute Gasteiger partial charge is 0.119 e. The van der Waals surface area contributed by atoms with Crippen molar-refractivity contribution in [2.75, 3.05) is 19.5 Å². The van der Waals surface area contributed by atoms with Crippen LogP contribution in [0, 0.1) is 11.3 Å². The molecule has 0 spiro atoms. The molecule has 21 heavy (non-hydrogen) atoms. The van der Waals surface area contributed by atoms with Gasteiger partial charge < -0.3 is 9.47 Å². The summed E-state index contributed by atoms with van der Waals surface area (Å²) in [6, 6.07) is 16.0. The second-order valence-electron chi connectivity index (χ2n) is 4.21. The molecular weight excluding hydrogens is 286 g/mol. The molecule has 0 aliphatic heterocycles. The number of nitrogens with zero attached hydrogens (tertiary/aromatic N) is 1. The van der Waals surface area contributed by atoms with Gasteiger partial charge in [0.2, 0.25) is 0 Å². The fourth-order valence-corrected chi connectivity index (χ4v) is 2.62. The summed E-state index contributed by atoms with van der Waals surface area (Å²) in [5.41, 5.74) is 0.587. The zero-order valence-corrected chi connectivity index (χ0v) is 12.4. The van der Waals surface area contributed by atoms with E-state index in [9.17, 15) is 4.21 Å². The number of hydrogen-bond donors (Lipinski definition) is 0. The van der Waals surface area contributed by atoms with E-state index in [0.29, 0.717) is 23.7 Å². The second kappa shape index (κ2) is 7.46. The van der Waals surface area contributed by atoms with E-state index in [1.54, 1.807) is 55.6 Å². The van der Waals surface area contributed by atoms with E-state index in [1.165, 1.54) is 0 Å². The van der Waals surface area contributed by atoms with Gasteiger partial charge in [0.05, 0.1) is 35.3 Å². The van der Waals surface area contributed by atoms with Crippen LogP contribution < -0.4 is 9.47 Å². The van der Waals surface area contributed by atoms with E-state index in [-0.39, 0.29) is 0 Å². The van der Waals surface area contributed by atoms with Crippen molar-refractivity contribution in [2.45, 2.75) is 4.90 Å². The standard InChI is InChI=1S/C16H15NO3S/c1-19-14-6-8-16(9-7-14)21(18)11-10-20-15-4-2-13(12-17)3-5-15/h2-9H,10-11H2,1H3. The first kappa shape index (κ1) is 15.1. The van der Waals surface area contributed by atoms with Crippen molar-refractivity contribution in [2.24, 2.45) is 0 Å². The molecule has 108 valence electrons. The van der Waals surface area contributed by atoms with Crippen molar-refractivity contribution >= 4 is 10.8 Å². The predicted octanol–water partition coefficient (Wildman–Crippen LogP) is 2.75. The molecule has 0 N–H and O–H groups in total. The highest BCUT2D eigenvalue weighted by Crippen LogP contribution is 2.15. The average molecular weight is 301 g/mol. The molecule has 0 saturated heterocycles. The van der Waals surface area contributed by atoms with Crippen molar-refractivity contribution in [3.8, 4) is 17.6 Å². The van der Waals surface area contributed by atoms with Crippen LogP contribution in [0.15, 0.2) is 53.4 Å². The molecule has 0 radical (unpaired) electrons. The van der Waals surface area contributed by atoms with Gasteiger partial charge in [-0.05, 0) is 48.5 Å².